The van der Waals surface area contributed by atoms with Crippen molar-refractivity contribution >= 4 is 21.4 Å². The number of thiazole rings is 1. The maximum Gasteiger partial charge on any atom is 0.211 e. The molecule has 0 radical (unpaired) electrons. The highest BCUT2D eigenvalue weighted by molar-refractivity contribution is 7.88. The van der Waals surface area contributed by atoms with Gasteiger partial charge >= 0.3 is 0 Å². The molecule has 2 saturated heterocycles. The Morgan fingerprint density at radius 2 is 2.06 bits per heavy atom. The van der Waals surface area contributed by atoms with E-state index in [1.807, 2.05) is 11.6 Å². The van der Waals surface area contributed by atoms with E-state index in [9.17, 15) is 8.42 Å². The second kappa shape index (κ2) is 4.56. The summed E-state index contributed by atoms with van der Waals surface area (Å²) in [5, 5.41) is 3.10. The SMILES string of the molecule is CS(=O)(=O)N1C2CCC1CN(Cc1nccs1)C2. The molecule has 1 aromatic rings. The molecule has 5 nitrogen and oxygen atoms in total. The van der Waals surface area contributed by atoms with Crippen LogP contribution in [0.1, 0.15) is 17.8 Å². The summed E-state index contributed by atoms with van der Waals surface area (Å²) in [6.45, 7) is 2.52. The van der Waals surface area contributed by atoms with Crippen LogP contribution in [0.2, 0.25) is 0 Å². The molecule has 0 saturated carbocycles. The lowest BCUT2D eigenvalue weighted by molar-refractivity contribution is 0.124. The summed E-state index contributed by atoms with van der Waals surface area (Å²) in [7, 11) is -3.05. The van der Waals surface area contributed by atoms with Gasteiger partial charge in [0, 0.05) is 36.8 Å². The smallest absolute Gasteiger partial charge is 0.211 e. The molecule has 3 rings (SSSR count). The third-order valence-electron chi connectivity index (χ3n) is 3.72. The zero-order valence-electron chi connectivity index (χ0n) is 10.3. The molecule has 0 aromatic carbocycles. The molecule has 2 fully saturated rings. The van der Waals surface area contributed by atoms with Crippen LogP contribution in [0, 0.1) is 0 Å². The predicted octanol–water partition coefficient (Wildman–Crippen LogP) is 0.751. The molecular weight excluding hydrogens is 270 g/mol. The number of aromatic nitrogens is 1. The van der Waals surface area contributed by atoms with Crippen molar-refractivity contribution < 1.29 is 8.42 Å². The van der Waals surface area contributed by atoms with Crippen LogP contribution < -0.4 is 0 Å². The molecule has 2 unspecified atom stereocenters. The molecule has 3 heterocycles. The summed E-state index contributed by atoms with van der Waals surface area (Å²) < 4.78 is 25.3. The van der Waals surface area contributed by atoms with Gasteiger partial charge in [-0.1, -0.05) is 0 Å². The molecular formula is C11H17N3O2S2. The van der Waals surface area contributed by atoms with Gasteiger partial charge in [0.05, 0.1) is 12.8 Å². The molecule has 100 valence electrons. The van der Waals surface area contributed by atoms with Crippen LogP contribution in [0.4, 0.5) is 0 Å². The van der Waals surface area contributed by atoms with Gasteiger partial charge in [-0.2, -0.15) is 4.31 Å². The average Bonchev–Trinajstić information content (AvgIpc) is 2.85. The molecule has 18 heavy (non-hydrogen) atoms. The highest BCUT2D eigenvalue weighted by atomic mass is 32.2. The van der Waals surface area contributed by atoms with Crippen molar-refractivity contribution in [3.05, 3.63) is 16.6 Å². The fourth-order valence-corrected chi connectivity index (χ4v) is 5.23. The predicted molar refractivity (Wildman–Crippen MR) is 70.9 cm³/mol. The third kappa shape index (κ3) is 2.32. The normalized spacial score (nSPS) is 29.8. The molecule has 0 spiro atoms. The van der Waals surface area contributed by atoms with E-state index in [1.165, 1.54) is 6.26 Å². The Hall–Kier alpha value is -0.500. The Labute approximate surface area is 111 Å². The summed E-state index contributed by atoms with van der Waals surface area (Å²) in [5.74, 6) is 0. The van der Waals surface area contributed by atoms with E-state index >= 15 is 0 Å². The topological polar surface area (TPSA) is 53.5 Å². The zero-order valence-corrected chi connectivity index (χ0v) is 12.0. The molecule has 2 aliphatic heterocycles. The van der Waals surface area contributed by atoms with Crippen LogP contribution in [0.15, 0.2) is 11.6 Å². The minimum atomic E-state index is -3.05. The lowest BCUT2D eigenvalue weighted by Crippen LogP contribution is -2.54. The fraction of sp³-hybridized carbons (Fsp3) is 0.727. The lowest BCUT2D eigenvalue weighted by Gasteiger charge is -2.39. The van der Waals surface area contributed by atoms with Crippen LogP contribution in [0.3, 0.4) is 0 Å². The number of fused-ring (bicyclic) bond motifs is 2. The Balaban J connectivity index is 1.72. The number of hydrogen-bond donors (Lipinski definition) is 0. The van der Waals surface area contributed by atoms with Crippen LogP contribution in [0.25, 0.3) is 0 Å². The summed E-state index contributed by atoms with van der Waals surface area (Å²) in [6, 6.07) is 0.331. The summed E-state index contributed by atoms with van der Waals surface area (Å²) in [5.41, 5.74) is 0. The Morgan fingerprint density at radius 3 is 2.56 bits per heavy atom. The standard InChI is InChI=1S/C11H17N3O2S2/c1-18(15,16)14-9-2-3-10(14)7-13(6-9)8-11-12-4-5-17-11/h4-5,9-10H,2-3,6-8H2,1H3. The molecule has 2 bridgehead atoms. The molecule has 7 heteroatoms. The molecule has 0 N–H and O–H groups in total. The maximum absolute atomic E-state index is 11.8. The van der Waals surface area contributed by atoms with E-state index in [0.29, 0.717) is 0 Å². The second-order valence-corrected chi connectivity index (χ2v) is 7.96. The second-order valence-electron chi connectivity index (χ2n) is 5.10. The van der Waals surface area contributed by atoms with E-state index < -0.39 is 10.0 Å². The molecule has 2 aliphatic rings. The van der Waals surface area contributed by atoms with Gasteiger partial charge in [0.25, 0.3) is 0 Å². The van der Waals surface area contributed by atoms with Gasteiger partial charge in [0.15, 0.2) is 0 Å². The lowest BCUT2D eigenvalue weighted by atomic mass is 10.2. The van der Waals surface area contributed by atoms with Gasteiger partial charge < -0.3 is 0 Å². The molecule has 2 atom stereocenters. The van der Waals surface area contributed by atoms with Crippen molar-refractivity contribution in [2.45, 2.75) is 31.5 Å². The Morgan fingerprint density at radius 1 is 1.39 bits per heavy atom. The Kier molecular flexibility index (Phi) is 3.17. The first kappa shape index (κ1) is 12.5. The van der Waals surface area contributed by atoms with E-state index in [4.69, 9.17) is 0 Å². The summed E-state index contributed by atoms with van der Waals surface area (Å²) in [4.78, 5) is 6.63. The third-order valence-corrected chi connectivity index (χ3v) is 5.84. The van der Waals surface area contributed by atoms with Gasteiger partial charge in [-0.25, -0.2) is 13.4 Å². The maximum atomic E-state index is 11.8. The number of likely N-dealkylation sites (tertiary alicyclic amines) is 1. The number of hydrogen-bond acceptors (Lipinski definition) is 5. The van der Waals surface area contributed by atoms with Gasteiger partial charge in [-0.05, 0) is 12.8 Å². The number of piperazine rings is 1. The first-order valence-corrected chi connectivity index (χ1v) is 8.86. The van der Waals surface area contributed by atoms with E-state index in [2.05, 4.69) is 9.88 Å². The van der Waals surface area contributed by atoms with Crippen molar-refractivity contribution in [2.75, 3.05) is 19.3 Å². The Bertz CT molecular complexity index is 500. The van der Waals surface area contributed by atoms with E-state index in [1.54, 1.807) is 15.6 Å². The molecule has 0 aliphatic carbocycles. The van der Waals surface area contributed by atoms with Crippen LogP contribution in [-0.4, -0.2) is 54.0 Å². The highest BCUT2D eigenvalue weighted by Crippen LogP contribution is 2.32. The van der Waals surface area contributed by atoms with Crippen molar-refractivity contribution in [3.8, 4) is 0 Å². The van der Waals surface area contributed by atoms with E-state index in [-0.39, 0.29) is 12.1 Å². The number of sulfonamides is 1. The monoisotopic (exact) mass is 287 g/mol. The van der Waals surface area contributed by atoms with Crippen molar-refractivity contribution in [1.29, 1.82) is 0 Å². The number of nitrogens with zero attached hydrogens (tertiary/aromatic N) is 3. The molecule has 1 aromatic heterocycles. The van der Waals surface area contributed by atoms with Crippen LogP contribution in [0.5, 0.6) is 0 Å². The summed E-state index contributed by atoms with van der Waals surface area (Å²) in [6.07, 6.45) is 5.13. The van der Waals surface area contributed by atoms with Crippen LogP contribution in [-0.2, 0) is 16.6 Å². The highest BCUT2D eigenvalue weighted by Gasteiger charge is 2.44. The first-order chi connectivity index (χ1) is 8.54. The van der Waals surface area contributed by atoms with Gasteiger partial charge in [-0.15, -0.1) is 11.3 Å². The van der Waals surface area contributed by atoms with Gasteiger partial charge in [0.1, 0.15) is 5.01 Å². The van der Waals surface area contributed by atoms with E-state index in [0.717, 1.165) is 37.5 Å². The summed E-state index contributed by atoms with van der Waals surface area (Å²) >= 11 is 1.66. The first-order valence-electron chi connectivity index (χ1n) is 6.13. The van der Waals surface area contributed by atoms with Gasteiger partial charge in [-0.3, -0.25) is 4.90 Å². The quantitative estimate of drug-likeness (QED) is 0.823. The fourth-order valence-electron chi connectivity index (χ4n) is 3.14. The van der Waals surface area contributed by atoms with Crippen molar-refractivity contribution in [1.82, 2.24) is 14.2 Å². The zero-order chi connectivity index (χ0) is 12.8. The van der Waals surface area contributed by atoms with Gasteiger partial charge in [0.2, 0.25) is 10.0 Å². The van der Waals surface area contributed by atoms with Crippen LogP contribution >= 0.6 is 11.3 Å². The largest absolute Gasteiger partial charge is 0.293 e. The minimum absolute atomic E-state index is 0.165. The molecule has 0 amide bonds. The van der Waals surface area contributed by atoms with Crippen molar-refractivity contribution in [2.24, 2.45) is 0 Å². The average molecular weight is 287 g/mol. The minimum Gasteiger partial charge on any atom is -0.293 e. The van der Waals surface area contributed by atoms with Crippen molar-refractivity contribution in [3.63, 3.8) is 0 Å². The number of rotatable bonds is 3.